The van der Waals surface area contributed by atoms with Crippen LogP contribution in [0.5, 0.6) is 0 Å². The third-order valence-electron chi connectivity index (χ3n) is 2.00. The maximum absolute atomic E-state index is 11.4. The van der Waals surface area contributed by atoms with Crippen LogP contribution in [0.4, 0.5) is 10.7 Å². The van der Waals surface area contributed by atoms with Crippen molar-refractivity contribution in [1.82, 2.24) is 9.55 Å². The Labute approximate surface area is 90.4 Å². The average molecular weight is 226 g/mol. The first-order valence-electron chi connectivity index (χ1n) is 4.15. The lowest BCUT2D eigenvalue weighted by Gasteiger charge is -2.01. The molecule has 0 saturated carbocycles. The van der Waals surface area contributed by atoms with E-state index < -0.39 is 6.09 Å². The highest BCUT2D eigenvalue weighted by molar-refractivity contribution is 6.31. The molecular formula is C9H8ClN3O2. The molecule has 0 radical (unpaired) electrons. The van der Waals surface area contributed by atoms with Crippen LogP contribution in [0.3, 0.4) is 0 Å². The van der Waals surface area contributed by atoms with E-state index in [9.17, 15) is 4.79 Å². The predicted molar refractivity (Wildman–Crippen MR) is 57.0 cm³/mol. The van der Waals surface area contributed by atoms with Crippen molar-refractivity contribution in [2.75, 3.05) is 12.8 Å². The van der Waals surface area contributed by atoms with Gasteiger partial charge in [0.2, 0.25) is 5.95 Å². The molecule has 6 heteroatoms. The summed E-state index contributed by atoms with van der Waals surface area (Å²) in [6.07, 6.45) is -0.572. The van der Waals surface area contributed by atoms with Crippen molar-refractivity contribution in [3.05, 3.63) is 23.2 Å². The number of fused-ring (bicyclic) bond motifs is 1. The second kappa shape index (κ2) is 3.43. The molecule has 1 heterocycles. The number of hydrogen-bond acceptors (Lipinski definition) is 4. The number of anilines is 1. The first kappa shape index (κ1) is 9.79. The highest BCUT2D eigenvalue weighted by Gasteiger charge is 2.14. The van der Waals surface area contributed by atoms with Crippen LogP contribution in [0.1, 0.15) is 0 Å². The smallest absolute Gasteiger partial charge is 0.421 e. The lowest BCUT2D eigenvalue weighted by Crippen LogP contribution is -2.13. The molecule has 0 fully saturated rings. The van der Waals surface area contributed by atoms with E-state index in [1.54, 1.807) is 18.2 Å². The molecule has 2 aromatic rings. The fraction of sp³-hybridized carbons (Fsp3) is 0.111. The quantitative estimate of drug-likeness (QED) is 0.743. The number of rotatable bonds is 0. The standard InChI is InChI=1S/C9H8ClN3O2/c1-15-9(14)13-7-3-2-5(10)4-6(7)12-8(13)11/h2-4H,1H3,(H2,11,12). The first-order valence-corrected chi connectivity index (χ1v) is 4.53. The van der Waals surface area contributed by atoms with Crippen molar-refractivity contribution in [1.29, 1.82) is 0 Å². The summed E-state index contributed by atoms with van der Waals surface area (Å²) in [6.45, 7) is 0. The summed E-state index contributed by atoms with van der Waals surface area (Å²) in [5.74, 6) is 0.0825. The molecule has 5 nitrogen and oxygen atoms in total. The molecule has 0 atom stereocenters. The minimum atomic E-state index is -0.572. The minimum absolute atomic E-state index is 0.0825. The van der Waals surface area contributed by atoms with Gasteiger partial charge in [-0.05, 0) is 18.2 Å². The van der Waals surface area contributed by atoms with Gasteiger partial charge < -0.3 is 10.5 Å². The van der Waals surface area contributed by atoms with Crippen LogP contribution in [0.15, 0.2) is 18.2 Å². The Morgan fingerprint density at radius 3 is 3.00 bits per heavy atom. The van der Waals surface area contributed by atoms with E-state index in [0.717, 1.165) is 0 Å². The third kappa shape index (κ3) is 1.50. The van der Waals surface area contributed by atoms with E-state index in [1.165, 1.54) is 11.7 Å². The highest BCUT2D eigenvalue weighted by Crippen LogP contribution is 2.21. The van der Waals surface area contributed by atoms with Crippen LogP contribution in [0.25, 0.3) is 11.0 Å². The summed E-state index contributed by atoms with van der Waals surface area (Å²) in [5, 5.41) is 0.539. The number of carbonyl (C=O) groups excluding carboxylic acids is 1. The molecule has 15 heavy (non-hydrogen) atoms. The Morgan fingerprint density at radius 1 is 1.60 bits per heavy atom. The van der Waals surface area contributed by atoms with Gasteiger partial charge in [0, 0.05) is 5.02 Å². The summed E-state index contributed by atoms with van der Waals surface area (Å²) >= 11 is 5.79. The van der Waals surface area contributed by atoms with Crippen molar-refractivity contribution in [2.24, 2.45) is 0 Å². The summed E-state index contributed by atoms with van der Waals surface area (Å²) in [5.41, 5.74) is 6.72. The van der Waals surface area contributed by atoms with E-state index in [2.05, 4.69) is 9.72 Å². The number of aromatic nitrogens is 2. The normalized spacial score (nSPS) is 10.5. The molecule has 2 N–H and O–H groups in total. The maximum Gasteiger partial charge on any atom is 0.421 e. The molecule has 0 aliphatic carbocycles. The molecule has 0 amide bonds. The Balaban J connectivity index is 2.73. The Bertz CT molecular complexity index is 535. The van der Waals surface area contributed by atoms with Crippen LogP contribution >= 0.6 is 11.6 Å². The Kier molecular flexibility index (Phi) is 2.24. The molecule has 78 valence electrons. The van der Waals surface area contributed by atoms with Gasteiger partial charge in [-0.1, -0.05) is 11.6 Å². The topological polar surface area (TPSA) is 70.1 Å². The van der Waals surface area contributed by atoms with Gasteiger partial charge in [-0.25, -0.2) is 14.3 Å². The number of nitrogen functional groups attached to an aromatic ring is 1. The molecule has 0 spiro atoms. The van der Waals surface area contributed by atoms with Gasteiger partial charge in [-0.15, -0.1) is 0 Å². The molecule has 0 unspecified atom stereocenters. The highest BCUT2D eigenvalue weighted by atomic mass is 35.5. The number of benzene rings is 1. The zero-order valence-electron chi connectivity index (χ0n) is 7.90. The molecule has 1 aromatic heterocycles. The Hall–Kier alpha value is -1.75. The van der Waals surface area contributed by atoms with E-state index >= 15 is 0 Å². The van der Waals surface area contributed by atoms with Crippen molar-refractivity contribution in [3.63, 3.8) is 0 Å². The van der Waals surface area contributed by atoms with Crippen LogP contribution in [-0.2, 0) is 4.74 Å². The molecule has 0 aliphatic rings. The van der Waals surface area contributed by atoms with Crippen molar-refractivity contribution in [3.8, 4) is 0 Å². The largest absolute Gasteiger partial charge is 0.452 e. The molecule has 0 aliphatic heterocycles. The number of ether oxygens (including phenoxy) is 1. The summed E-state index contributed by atoms with van der Waals surface area (Å²) < 4.78 is 5.77. The lowest BCUT2D eigenvalue weighted by atomic mass is 10.3. The minimum Gasteiger partial charge on any atom is -0.452 e. The van der Waals surface area contributed by atoms with E-state index in [-0.39, 0.29) is 5.95 Å². The number of hydrogen-bond donors (Lipinski definition) is 1. The number of nitrogens with two attached hydrogens (primary N) is 1. The average Bonchev–Trinajstić information content (AvgIpc) is 2.52. The van der Waals surface area contributed by atoms with Crippen LogP contribution < -0.4 is 5.73 Å². The van der Waals surface area contributed by atoms with Gasteiger partial charge in [0.25, 0.3) is 0 Å². The molecular weight excluding hydrogens is 218 g/mol. The first-order chi connectivity index (χ1) is 7.13. The second-order valence-corrected chi connectivity index (χ2v) is 3.34. The van der Waals surface area contributed by atoms with Crippen molar-refractivity contribution < 1.29 is 9.53 Å². The maximum atomic E-state index is 11.4. The SMILES string of the molecule is COC(=O)n1c(N)nc2cc(Cl)ccc21. The van der Waals surface area contributed by atoms with Gasteiger partial charge in [0.05, 0.1) is 18.1 Å². The number of methoxy groups -OCH3 is 1. The predicted octanol–water partition coefficient (Wildman–Crippen LogP) is 1.89. The van der Waals surface area contributed by atoms with E-state index in [4.69, 9.17) is 17.3 Å². The third-order valence-corrected chi connectivity index (χ3v) is 2.23. The summed E-state index contributed by atoms with van der Waals surface area (Å²) in [4.78, 5) is 15.4. The zero-order valence-corrected chi connectivity index (χ0v) is 8.65. The van der Waals surface area contributed by atoms with E-state index in [1.807, 2.05) is 0 Å². The summed E-state index contributed by atoms with van der Waals surface area (Å²) in [7, 11) is 1.28. The molecule has 2 rings (SSSR count). The fourth-order valence-electron chi connectivity index (χ4n) is 1.36. The van der Waals surface area contributed by atoms with Gasteiger partial charge in [-0.2, -0.15) is 0 Å². The van der Waals surface area contributed by atoms with Crippen molar-refractivity contribution in [2.45, 2.75) is 0 Å². The number of halogens is 1. The fourth-order valence-corrected chi connectivity index (χ4v) is 1.52. The molecule has 1 aromatic carbocycles. The summed E-state index contributed by atoms with van der Waals surface area (Å²) in [6, 6.07) is 4.95. The molecule has 0 saturated heterocycles. The van der Waals surface area contributed by atoms with Gasteiger partial charge in [0.1, 0.15) is 0 Å². The number of imidazole rings is 1. The number of nitrogens with zero attached hydrogens (tertiary/aromatic N) is 2. The zero-order chi connectivity index (χ0) is 11.0. The van der Waals surface area contributed by atoms with Crippen LogP contribution in [0.2, 0.25) is 5.02 Å². The molecule has 0 bridgehead atoms. The monoisotopic (exact) mass is 225 g/mol. The van der Waals surface area contributed by atoms with Crippen LogP contribution in [-0.4, -0.2) is 22.8 Å². The van der Waals surface area contributed by atoms with Crippen LogP contribution in [0, 0.1) is 0 Å². The van der Waals surface area contributed by atoms with Gasteiger partial charge >= 0.3 is 6.09 Å². The van der Waals surface area contributed by atoms with Gasteiger partial charge in [-0.3, -0.25) is 0 Å². The second-order valence-electron chi connectivity index (χ2n) is 2.91. The van der Waals surface area contributed by atoms with E-state index in [0.29, 0.717) is 16.1 Å². The van der Waals surface area contributed by atoms with Crippen molar-refractivity contribution >= 4 is 34.7 Å². The lowest BCUT2D eigenvalue weighted by molar-refractivity contribution is 0.174. The van der Waals surface area contributed by atoms with Gasteiger partial charge in [0.15, 0.2) is 0 Å². The number of carbonyl (C=O) groups is 1. The Morgan fingerprint density at radius 2 is 2.33 bits per heavy atom.